The van der Waals surface area contributed by atoms with Crippen molar-refractivity contribution in [1.29, 1.82) is 0 Å². The summed E-state index contributed by atoms with van der Waals surface area (Å²) in [4.78, 5) is 0.339. The molecule has 6 heteroatoms. The molecule has 21 heavy (non-hydrogen) atoms. The smallest absolute Gasteiger partial charge is 0.243 e. The van der Waals surface area contributed by atoms with Gasteiger partial charge in [-0.05, 0) is 57.5 Å². The summed E-state index contributed by atoms with van der Waals surface area (Å²) in [5.74, 6) is 0. The molecule has 1 fully saturated rings. The van der Waals surface area contributed by atoms with E-state index in [-0.39, 0.29) is 6.04 Å². The highest BCUT2D eigenvalue weighted by molar-refractivity contribution is 7.89. The third-order valence-corrected chi connectivity index (χ3v) is 6.61. The van der Waals surface area contributed by atoms with Crippen LogP contribution in [0.25, 0.3) is 0 Å². The molecular weight excluding hydrogens is 308 g/mol. The predicted molar refractivity (Wildman–Crippen MR) is 86.3 cm³/mol. The summed E-state index contributed by atoms with van der Waals surface area (Å²) < 4.78 is 27.6. The Morgan fingerprint density at radius 1 is 1.38 bits per heavy atom. The molecule has 0 amide bonds. The zero-order chi connectivity index (χ0) is 15.5. The Balaban J connectivity index is 2.34. The van der Waals surface area contributed by atoms with Gasteiger partial charge < -0.3 is 5.32 Å². The van der Waals surface area contributed by atoms with Crippen LogP contribution < -0.4 is 5.32 Å². The molecule has 1 N–H and O–H groups in total. The molecule has 118 valence electrons. The average molecular weight is 331 g/mol. The van der Waals surface area contributed by atoms with Gasteiger partial charge in [0.25, 0.3) is 0 Å². The first-order valence-corrected chi connectivity index (χ1v) is 9.22. The van der Waals surface area contributed by atoms with Gasteiger partial charge in [0, 0.05) is 17.6 Å². The Kier molecular flexibility index (Phi) is 5.66. The predicted octanol–water partition coefficient (Wildman–Crippen LogP) is 2.80. The van der Waals surface area contributed by atoms with E-state index in [0.29, 0.717) is 22.0 Å². The maximum atomic E-state index is 13.0. The maximum absolute atomic E-state index is 13.0. The minimum Gasteiger partial charge on any atom is -0.320 e. The molecule has 1 heterocycles. The lowest BCUT2D eigenvalue weighted by atomic mass is 10.0. The van der Waals surface area contributed by atoms with E-state index in [9.17, 15) is 8.42 Å². The first-order valence-electron chi connectivity index (χ1n) is 7.40. The van der Waals surface area contributed by atoms with Crippen LogP contribution >= 0.6 is 11.6 Å². The van der Waals surface area contributed by atoms with Gasteiger partial charge in [0.1, 0.15) is 0 Å². The zero-order valence-electron chi connectivity index (χ0n) is 12.6. The molecule has 0 radical (unpaired) electrons. The summed E-state index contributed by atoms with van der Waals surface area (Å²) in [7, 11) is -1.58. The van der Waals surface area contributed by atoms with Gasteiger partial charge in [-0.2, -0.15) is 4.31 Å². The highest BCUT2D eigenvalue weighted by atomic mass is 35.5. The highest BCUT2D eigenvalue weighted by Crippen LogP contribution is 2.30. The van der Waals surface area contributed by atoms with Crippen LogP contribution in [0, 0.1) is 6.92 Å². The number of nitrogens with zero attached hydrogens (tertiary/aromatic N) is 1. The van der Waals surface area contributed by atoms with Crippen LogP contribution in [-0.4, -0.2) is 38.9 Å². The van der Waals surface area contributed by atoms with Crippen LogP contribution in [0.2, 0.25) is 5.02 Å². The van der Waals surface area contributed by atoms with Crippen LogP contribution in [0.3, 0.4) is 0 Å². The number of piperidine rings is 1. The Labute approximate surface area is 132 Å². The second-order valence-corrected chi connectivity index (χ2v) is 7.79. The van der Waals surface area contributed by atoms with Gasteiger partial charge in [0.15, 0.2) is 0 Å². The summed E-state index contributed by atoms with van der Waals surface area (Å²) >= 11 is 6.09. The van der Waals surface area contributed by atoms with E-state index in [0.717, 1.165) is 32.2 Å². The number of hydrogen-bond donors (Lipinski definition) is 1. The number of sulfonamides is 1. The quantitative estimate of drug-likeness (QED) is 0.903. The summed E-state index contributed by atoms with van der Waals surface area (Å²) in [6.45, 7) is 3.19. The van der Waals surface area contributed by atoms with Crippen molar-refractivity contribution in [3.63, 3.8) is 0 Å². The molecule has 1 aromatic rings. The minimum absolute atomic E-state index is 0.0783. The Bertz CT molecular complexity index is 589. The topological polar surface area (TPSA) is 49.4 Å². The van der Waals surface area contributed by atoms with Crippen molar-refractivity contribution in [1.82, 2.24) is 9.62 Å². The minimum atomic E-state index is -3.47. The Morgan fingerprint density at radius 2 is 2.14 bits per heavy atom. The second-order valence-electron chi connectivity index (χ2n) is 5.52. The average Bonchev–Trinajstić information content (AvgIpc) is 2.48. The van der Waals surface area contributed by atoms with Crippen LogP contribution in [0.4, 0.5) is 0 Å². The van der Waals surface area contributed by atoms with Crippen molar-refractivity contribution in [2.75, 3.05) is 20.1 Å². The first-order chi connectivity index (χ1) is 9.98. The summed E-state index contributed by atoms with van der Waals surface area (Å²) in [6, 6.07) is 5.16. The number of rotatable bonds is 5. The van der Waals surface area contributed by atoms with Crippen molar-refractivity contribution < 1.29 is 8.42 Å². The molecule has 4 nitrogen and oxygen atoms in total. The second kappa shape index (κ2) is 7.09. The Morgan fingerprint density at radius 3 is 2.86 bits per heavy atom. The van der Waals surface area contributed by atoms with Crippen LogP contribution in [-0.2, 0) is 10.0 Å². The standard InChI is InChI=1S/C15H23ClN2O2S/c1-12-14(16)7-5-8-15(12)21(19,20)18-11-4-3-6-13(18)9-10-17-2/h5,7-8,13,17H,3-4,6,9-11H2,1-2H3. The molecule has 0 spiro atoms. The van der Waals surface area contributed by atoms with Gasteiger partial charge in [0.2, 0.25) is 10.0 Å². The number of benzene rings is 1. The van der Waals surface area contributed by atoms with E-state index in [1.165, 1.54) is 0 Å². The van der Waals surface area contributed by atoms with Crippen LogP contribution in [0.5, 0.6) is 0 Å². The van der Waals surface area contributed by atoms with E-state index in [1.54, 1.807) is 29.4 Å². The zero-order valence-corrected chi connectivity index (χ0v) is 14.2. The van der Waals surface area contributed by atoms with Gasteiger partial charge >= 0.3 is 0 Å². The van der Waals surface area contributed by atoms with E-state index < -0.39 is 10.0 Å². The lowest BCUT2D eigenvalue weighted by Gasteiger charge is -2.35. The molecule has 1 unspecified atom stereocenters. The van der Waals surface area contributed by atoms with Crippen molar-refractivity contribution in [2.45, 2.75) is 43.5 Å². The van der Waals surface area contributed by atoms with Crippen molar-refractivity contribution in [3.05, 3.63) is 28.8 Å². The molecule has 1 aliphatic heterocycles. The molecule has 1 aliphatic rings. The molecule has 1 atom stereocenters. The largest absolute Gasteiger partial charge is 0.320 e. The SMILES string of the molecule is CNCCC1CCCCN1S(=O)(=O)c1cccc(Cl)c1C. The summed E-state index contributed by atoms with van der Waals surface area (Å²) in [5.41, 5.74) is 0.636. The molecule has 1 aromatic carbocycles. The molecule has 2 rings (SSSR count). The van der Waals surface area contributed by atoms with Gasteiger partial charge in [-0.3, -0.25) is 0 Å². The lowest BCUT2D eigenvalue weighted by molar-refractivity contribution is 0.240. The van der Waals surface area contributed by atoms with Gasteiger partial charge in [-0.1, -0.05) is 24.1 Å². The number of halogens is 1. The number of hydrogen-bond acceptors (Lipinski definition) is 3. The molecule has 0 aromatic heterocycles. The first kappa shape index (κ1) is 16.7. The van der Waals surface area contributed by atoms with E-state index in [1.807, 2.05) is 7.05 Å². The fourth-order valence-corrected chi connectivity index (χ4v) is 5.09. The van der Waals surface area contributed by atoms with Crippen LogP contribution in [0.1, 0.15) is 31.2 Å². The third-order valence-electron chi connectivity index (χ3n) is 4.11. The summed E-state index contributed by atoms with van der Waals surface area (Å²) in [5, 5.41) is 3.60. The van der Waals surface area contributed by atoms with Crippen molar-refractivity contribution >= 4 is 21.6 Å². The highest BCUT2D eigenvalue weighted by Gasteiger charge is 2.34. The van der Waals surface area contributed by atoms with E-state index in [4.69, 9.17) is 11.6 Å². The van der Waals surface area contributed by atoms with Gasteiger partial charge in [0.05, 0.1) is 4.90 Å². The fourth-order valence-electron chi connectivity index (χ4n) is 2.88. The third kappa shape index (κ3) is 3.59. The normalized spacial score (nSPS) is 20.6. The van der Waals surface area contributed by atoms with Gasteiger partial charge in [-0.25, -0.2) is 8.42 Å². The van der Waals surface area contributed by atoms with Crippen LogP contribution in [0.15, 0.2) is 23.1 Å². The summed E-state index contributed by atoms with van der Waals surface area (Å²) in [6.07, 6.45) is 3.79. The monoisotopic (exact) mass is 330 g/mol. The molecule has 0 bridgehead atoms. The van der Waals surface area contributed by atoms with Crippen molar-refractivity contribution in [2.24, 2.45) is 0 Å². The fraction of sp³-hybridized carbons (Fsp3) is 0.600. The maximum Gasteiger partial charge on any atom is 0.243 e. The van der Waals surface area contributed by atoms with E-state index >= 15 is 0 Å². The van der Waals surface area contributed by atoms with E-state index in [2.05, 4.69) is 5.32 Å². The Hall–Kier alpha value is -0.620. The molecule has 0 saturated carbocycles. The lowest BCUT2D eigenvalue weighted by Crippen LogP contribution is -2.44. The number of nitrogens with one attached hydrogen (secondary N) is 1. The van der Waals surface area contributed by atoms with Crippen molar-refractivity contribution in [3.8, 4) is 0 Å². The molecule has 0 aliphatic carbocycles. The molecule has 1 saturated heterocycles. The van der Waals surface area contributed by atoms with Gasteiger partial charge in [-0.15, -0.1) is 0 Å². The molecular formula is C15H23ClN2O2S.